The van der Waals surface area contributed by atoms with E-state index < -0.39 is 0 Å². The molecule has 0 N–H and O–H groups in total. The molecule has 0 unspecified atom stereocenters. The topological polar surface area (TPSA) is 12.9 Å². The summed E-state index contributed by atoms with van der Waals surface area (Å²) in [5, 5.41) is 3.19. The van der Waals surface area contributed by atoms with Crippen LogP contribution in [-0.2, 0) is 25.9 Å². The monoisotopic (exact) mass is 239 g/mol. The summed E-state index contributed by atoms with van der Waals surface area (Å²) in [6.07, 6.45) is 2.81. The first-order valence-corrected chi connectivity index (χ1v) is 4.75. The molecule has 2 rings (SSSR count). The smallest absolute Gasteiger partial charge is 0.0968 e. The summed E-state index contributed by atoms with van der Waals surface area (Å²) in [7, 11) is 0. The third kappa shape index (κ3) is 3.02. The molecule has 0 atom stereocenters. The fraction of sp³-hybridized carbons (Fsp3) is 0.100. The van der Waals surface area contributed by atoms with Crippen LogP contribution in [0.3, 0.4) is 0 Å². The summed E-state index contributed by atoms with van der Waals surface area (Å²) in [6, 6.07) is 10.4. The molecule has 0 amide bonds. The van der Waals surface area contributed by atoms with E-state index in [-0.39, 0.29) is 19.5 Å². The predicted molar refractivity (Wildman–Crippen MR) is 51.4 cm³/mol. The third-order valence-corrected chi connectivity index (χ3v) is 2.46. The molecule has 1 nitrogen and oxygen atoms in total. The van der Waals surface area contributed by atoms with Crippen LogP contribution in [0.5, 0.6) is 0 Å². The van der Waals surface area contributed by atoms with E-state index in [0.29, 0.717) is 0 Å². The van der Waals surface area contributed by atoms with Crippen molar-refractivity contribution >= 4 is 11.3 Å². The molecular formula is C10H9NSZn. The van der Waals surface area contributed by atoms with Crippen LogP contribution < -0.4 is 0 Å². The Morgan fingerprint density at radius 2 is 1.92 bits per heavy atom. The van der Waals surface area contributed by atoms with Crippen LogP contribution in [-0.4, -0.2) is 4.98 Å². The standard InChI is InChI=1S/C10H9NS.Zn/c1-2-4-9(5-3-1)8-10-11-6-7-12-10;/h1-7H,8H2;. The molecule has 13 heavy (non-hydrogen) atoms. The molecule has 0 saturated heterocycles. The van der Waals surface area contributed by atoms with Gasteiger partial charge in [0.15, 0.2) is 0 Å². The van der Waals surface area contributed by atoms with Gasteiger partial charge in [-0.1, -0.05) is 30.3 Å². The van der Waals surface area contributed by atoms with Crippen molar-refractivity contribution in [3.05, 3.63) is 52.5 Å². The molecule has 0 bridgehead atoms. The van der Waals surface area contributed by atoms with E-state index in [0.717, 1.165) is 6.42 Å². The molecule has 62 valence electrons. The first-order chi connectivity index (χ1) is 5.95. The molecule has 1 heterocycles. The number of nitrogens with zero attached hydrogens (tertiary/aromatic N) is 1. The zero-order chi connectivity index (χ0) is 8.23. The normalized spacial score (nSPS) is 9.23. The summed E-state index contributed by atoms with van der Waals surface area (Å²) < 4.78 is 0. The van der Waals surface area contributed by atoms with Crippen LogP contribution in [0.15, 0.2) is 41.9 Å². The van der Waals surface area contributed by atoms with Crippen molar-refractivity contribution < 1.29 is 19.5 Å². The minimum atomic E-state index is 0. The molecule has 0 aliphatic carbocycles. The Bertz CT molecular complexity index is 331. The van der Waals surface area contributed by atoms with Gasteiger partial charge in [0.1, 0.15) is 0 Å². The summed E-state index contributed by atoms with van der Waals surface area (Å²) in [5.41, 5.74) is 1.33. The molecule has 1 aromatic carbocycles. The fourth-order valence-corrected chi connectivity index (χ4v) is 1.76. The molecule has 2 aromatic rings. The van der Waals surface area contributed by atoms with E-state index in [4.69, 9.17) is 0 Å². The first kappa shape index (κ1) is 10.6. The maximum atomic E-state index is 4.23. The van der Waals surface area contributed by atoms with Gasteiger partial charge in [-0.2, -0.15) is 0 Å². The van der Waals surface area contributed by atoms with Gasteiger partial charge in [0.25, 0.3) is 0 Å². The average molecular weight is 241 g/mol. The molecule has 3 heteroatoms. The van der Waals surface area contributed by atoms with Gasteiger partial charge in [0.2, 0.25) is 0 Å². The van der Waals surface area contributed by atoms with Gasteiger partial charge in [0, 0.05) is 37.5 Å². The molecular weight excluding hydrogens is 232 g/mol. The summed E-state index contributed by atoms with van der Waals surface area (Å²) >= 11 is 1.71. The summed E-state index contributed by atoms with van der Waals surface area (Å²) in [5.74, 6) is 0. The van der Waals surface area contributed by atoms with Crippen molar-refractivity contribution in [1.82, 2.24) is 4.98 Å². The quantitative estimate of drug-likeness (QED) is 0.736. The zero-order valence-corrected chi connectivity index (χ0v) is 11.1. The van der Waals surface area contributed by atoms with Crippen LogP contribution in [0.25, 0.3) is 0 Å². The third-order valence-electron chi connectivity index (χ3n) is 1.68. The van der Waals surface area contributed by atoms with E-state index in [1.807, 2.05) is 17.6 Å². The molecule has 0 radical (unpaired) electrons. The molecule has 0 spiro atoms. The second-order valence-electron chi connectivity index (χ2n) is 2.59. The van der Waals surface area contributed by atoms with Crippen LogP contribution in [0, 0.1) is 0 Å². The molecule has 1 aromatic heterocycles. The maximum Gasteiger partial charge on any atom is 0.0968 e. The van der Waals surface area contributed by atoms with Crippen molar-refractivity contribution in [1.29, 1.82) is 0 Å². The SMILES string of the molecule is [Zn].c1ccc(Cc2nccs2)cc1. The molecule has 0 aliphatic rings. The zero-order valence-electron chi connectivity index (χ0n) is 7.31. The maximum absolute atomic E-state index is 4.23. The van der Waals surface area contributed by atoms with Gasteiger partial charge in [-0.05, 0) is 5.56 Å². The number of hydrogen-bond acceptors (Lipinski definition) is 2. The van der Waals surface area contributed by atoms with Crippen molar-refractivity contribution in [2.75, 3.05) is 0 Å². The van der Waals surface area contributed by atoms with Gasteiger partial charge in [-0.25, -0.2) is 4.98 Å². The van der Waals surface area contributed by atoms with Crippen LogP contribution in [0.1, 0.15) is 10.6 Å². The van der Waals surface area contributed by atoms with Crippen molar-refractivity contribution in [3.8, 4) is 0 Å². The molecule has 0 aliphatic heterocycles. The number of hydrogen-bond donors (Lipinski definition) is 0. The van der Waals surface area contributed by atoms with Gasteiger partial charge in [0.05, 0.1) is 5.01 Å². The summed E-state index contributed by atoms with van der Waals surface area (Å²) in [4.78, 5) is 4.23. The van der Waals surface area contributed by atoms with Gasteiger partial charge in [-0.3, -0.25) is 0 Å². The fourth-order valence-electron chi connectivity index (χ4n) is 1.11. The first-order valence-electron chi connectivity index (χ1n) is 3.87. The van der Waals surface area contributed by atoms with Crippen LogP contribution >= 0.6 is 11.3 Å². The van der Waals surface area contributed by atoms with Gasteiger partial charge >= 0.3 is 0 Å². The van der Waals surface area contributed by atoms with Gasteiger partial charge < -0.3 is 0 Å². The number of aromatic nitrogens is 1. The van der Waals surface area contributed by atoms with E-state index in [2.05, 4.69) is 29.2 Å². The Balaban J connectivity index is 0.000000845. The number of rotatable bonds is 2. The Hall–Kier alpha value is -0.527. The van der Waals surface area contributed by atoms with E-state index >= 15 is 0 Å². The van der Waals surface area contributed by atoms with E-state index in [9.17, 15) is 0 Å². The predicted octanol–water partition coefficient (Wildman–Crippen LogP) is 2.73. The summed E-state index contributed by atoms with van der Waals surface area (Å²) in [6.45, 7) is 0. The minimum Gasteiger partial charge on any atom is -0.249 e. The van der Waals surface area contributed by atoms with E-state index in [1.165, 1.54) is 10.6 Å². The number of thiazole rings is 1. The van der Waals surface area contributed by atoms with Crippen molar-refractivity contribution in [2.24, 2.45) is 0 Å². The number of benzene rings is 1. The Labute approximate surface area is 94.6 Å². The Morgan fingerprint density at radius 3 is 2.54 bits per heavy atom. The van der Waals surface area contributed by atoms with Crippen molar-refractivity contribution in [3.63, 3.8) is 0 Å². The Morgan fingerprint density at radius 1 is 1.15 bits per heavy atom. The molecule has 0 saturated carbocycles. The van der Waals surface area contributed by atoms with Gasteiger partial charge in [-0.15, -0.1) is 11.3 Å². The van der Waals surface area contributed by atoms with Crippen LogP contribution in [0.4, 0.5) is 0 Å². The van der Waals surface area contributed by atoms with Crippen LogP contribution in [0.2, 0.25) is 0 Å². The largest absolute Gasteiger partial charge is 0.249 e. The van der Waals surface area contributed by atoms with Crippen molar-refractivity contribution in [2.45, 2.75) is 6.42 Å². The Kier molecular flexibility index (Phi) is 4.27. The van der Waals surface area contributed by atoms with E-state index in [1.54, 1.807) is 11.3 Å². The second-order valence-corrected chi connectivity index (χ2v) is 3.57. The minimum absolute atomic E-state index is 0. The molecule has 0 fully saturated rings. The average Bonchev–Trinajstić information content (AvgIpc) is 2.59. The second kappa shape index (κ2) is 5.26.